The molecule has 0 N–H and O–H groups in total. The Hall–Kier alpha value is -13.8. The van der Waals surface area contributed by atoms with Gasteiger partial charge < -0.3 is 4.42 Å². The number of fused-ring (bicyclic) bond motifs is 35. The maximum Gasteiger partial charge on any atom is 0.341 e. The minimum atomic E-state index is -2.28. The molecule has 0 atom stereocenters. The quantitative estimate of drug-likeness (QED) is 0.142. The number of pyridine rings is 10. The van der Waals surface area contributed by atoms with Gasteiger partial charge in [0.2, 0.25) is 49.9 Å². The molecule has 0 aliphatic carbocycles. The van der Waals surface area contributed by atoms with Crippen molar-refractivity contribution < 1.29 is 31.4 Å². The summed E-state index contributed by atoms with van der Waals surface area (Å²) in [5.41, 5.74) is 30.4. The van der Waals surface area contributed by atoms with Crippen LogP contribution >= 0.6 is 11.3 Å². The number of nitrogens with zero attached hydrogens (tertiary/aromatic N) is 23. The van der Waals surface area contributed by atoms with Gasteiger partial charge >= 0.3 is 5.71 Å². The van der Waals surface area contributed by atoms with Crippen molar-refractivity contribution in [3.05, 3.63) is 242 Å². The maximum atomic E-state index is 8.02. The second-order valence-electron chi connectivity index (χ2n) is 27.7. The normalized spacial score (nSPS) is 13.5. The summed E-state index contributed by atoms with van der Waals surface area (Å²) in [5, 5.41) is 0. The van der Waals surface area contributed by atoms with Crippen LogP contribution in [0, 0.1) is 0 Å². The fraction of sp³-hybridized carbons (Fsp3) is 0.145. The lowest BCUT2D eigenvalue weighted by Crippen LogP contribution is -2.33. The minimum Gasteiger partial charge on any atom is -0.417 e. The number of rotatable bonds is 1. The zero-order chi connectivity index (χ0) is 74.6. The number of imidazole rings is 5. The first-order valence-electron chi connectivity index (χ1n) is 37.1. The Morgan fingerprint density at radius 1 is 0.324 bits per heavy atom. The van der Waals surface area contributed by atoms with E-state index >= 15 is 0 Å². The van der Waals surface area contributed by atoms with Gasteiger partial charge in [-0.15, -0.1) is 0 Å². The van der Waals surface area contributed by atoms with Gasteiger partial charge in [-0.3, -0.25) is 52.7 Å². The van der Waals surface area contributed by atoms with Crippen molar-refractivity contribution in [2.75, 3.05) is 0 Å². The van der Waals surface area contributed by atoms with Crippen molar-refractivity contribution in [2.24, 2.45) is 49.3 Å². The third kappa shape index (κ3) is 8.51. The molecule has 5 aliphatic heterocycles. The number of para-hydroxylation sites is 1. The van der Waals surface area contributed by atoms with Gasteiger partial charge in [0.1, 0.15) is 77.0 Å². The molecule has 0 bridgehead atoms. The second-order valence-corrected chi connectivity index (χ2v) is 28.8. The highest BCUT2D eigenvalue weighted by Gasteiger charge is 2.42. The number of aryl methyl sites for hydroxylation is 7. The van der Waals surface area contributed by atoms with Crippen LogP contribution in [0.1, 0.15) is 32.6 Å². The molecule has 0 saturated heterocycles. The number of thiophene rings is 1. The average molecular weight is 1440 g/mol. The molecule has 0 fully saturated rings. The van der Waals surface area contributed by atoms with Crippen LogP contribution in [0.2, 0.25) is 0 Å². The van der Waals surface area contributed by atoms with E-state index in [0.717, 1.165) is 138 Å². The summed E-state index contributed by atoms with van der Waals surface area (Å²) in [7, 11) is 12.5. The molecule has 25 heteroatoms. The predicted octanol–water partition coefficient (Wildman–Crippen LogP) is 11.3. The number of benzene rings is 1. The fourth-order valence-electron chi connectivity index (χ4n) is 17.6. The first-order chi connectivity index (χ1) is 54.3. The molecule has 5 aliphatic rings. The molecule has 108 heavy (non-hydrogen) atoms. The van der Waals surface area contributed by atoms with Gasteiger partial charge in [0.05, 0.1) is 114 Å². The molecule has 20 aromatic heterocycles. The first-order valence-corrected chi connectivity index (χ1v) is 36.5. The van der Waals surface area contributed by atoms with E-state index < -0.39 is 6.98 Å². The lowest BCUT2D eigenvalue weighted by atomic mass is 10.2. The Morgan fingerprint density at radius 3 is 1.22 bits per heavy atom. The van der Waals surface area contributed by atoms with Gasteiger partial charge in [-0.2, -0.15) is 4.57 Å². The van der Waals surface area contributed by atoms with E-state index in [2.05, 4.69) is 192 Å². The molecule has 26 rings (SSSR count). The van der Waals surface area contributed by atoms with E-state index in [9.17, 15) is 0 Å². The smallest absolute Gasteiger partial charge is 0.341 e. The molecule has 1 aromatic carbocycles. The number of furan rings is 1. The molecule has 0 unspecified atom stereocenters. The topological polar surface area (TPSA) is 201 Å². The van der Waals surface area contributed by atoms with E-state index in [0.29, 0.717) is 23.2 Å². The Balaban J connectivity index is 0.0000000856. The molecule has 24 nitrogen and oxygen atoms in total. The summed E-state index contributed by atoms with van der Waals surface area (Å²) < 4.78 is 59.5. The highest BCUT2D eigenvalue weighted by molar-refractivity contribution is 7.25. The predicted molar refractivity (Wildman–Crippen MR) is 411 cm³/mol. The van der Waals surface area contributed by atoms with Crippen LogP contribution < -0.4 is 22.8 Å². The van der Waals surface area contributed by atoms with Crippen molar-refractivity contribution in [3.8, 4) is 62.6 Å². The van der Waals surface area contributed by atoms with Gasteiger partial charge in [0.15, 0.2) is 11.1 Å². The van der Waals surface area contributed by atoms with Crippen LogP contribution in [-0.4, -0.2) is 86.4 Å². The zero-order valence-electron chi connectivity index (χ0n) is 62.3. The van der Waals surface area contributed by atoms with Gasteiger partial charge in [-0.1, -0.05) is 29.5 Å². The van der Waals surface area contributed by atoms with Crippen LogP contribution in [0.15, 0.2) is 218 Å². The fourth-order valence-corrected chi connectivity index (χ4v) is 18.8. The Bertz CT molecular complexity index is 7380. The van der Waals surface area contributed by atoms with Crippen molar-refractivity contribution in [1.82, 2.24) is 86.4 Å². The Morgan fingerprint density at radius 2 is 0.694 bits per heavy atom. The van der Waals surface area contributed by atoms with Gasteiger partial charge in [-0.05, 0) is 133 Å². The average Bonchev–Trinajstić information content (AvgIpc) is 1.60. The summed E-state index contributed by atoms with van der Waals surface area (Å²) in [6, 6.07) is 50.8. The van der Waals surface area contributed by atoms with Crippen LogP contribution in [0.5, 0.6) is 0 Å². The standard InChI is InChI=1S/C21H16N5.2C16H14N5.C15H11N4O.C15H11N4S/c1-24-19-18-17(10-6-12-23-18)26(14-7-3-2-4-8-14)21(19)25-13-16-15(20(24)25)9-5-11-22-16;2*1-19-12-6-4-8-18-13(12)14-16(19)21-9-11-10(5-3-7-17-11)15(21)20(14)2;2*1-18-13-12-11(5-3-7-17-12)20-15(13)19-8-10-9(14(18)19)4-2-6-16-10/h2-12H,13H2,1H3;2*3-8H,9H2,1-2H3;2*2-7H,8H2,1H3/q5*+1/i;1D3;;;. The van der Waals surface area contributed by atoms with Crippen molar-refractivity contribution >= 4 is 121 Å². The van der Waals surface area contributed by atoms with Gasteiger partial charge in [0.25, 0.3) is 28.6 Å². The molecule has 0 amide bonds. The molecule has 25 heterocycles. The van der Waals surface area contributed by atoms with Gasteiger partial charge in [-0.25, -0.2) is 51.9 Å². The second kappa shape index (κ2) is 23.1. The highest BCUT2D eigenvalue weighted by atomic mass is 32.1. The van der Waals surface area contributed by atoms with Gasteiger partial charge in [0, 0.05) is 62.0 Å². The summed E-state index contributed by atoms with van der Waals surface area (Å²) in [4.78, 5) is 46.6. The van der Waals surface area contributed by atoms with Crippen LogP contribution in [0.25, 0.3) is 172 Å². The van der Waals surface area contributed by atoms with Crippen molar-refractivity contribution in [2.45, 2.75) is 32.7 Å². The summed E-state index contributed by atoms with van der Waals surface area (Å²) in [5.74, 6) is 5.74. The Labute approximate surface area is 622 Å². The Kier molecular flexibility index (Phi) is 12.5. The molecule has 520 valence electrons. The summed E-state index contributed by atoms with van der Waals surface area (Å²) in [6.45, 7) is 1.50. The van der Waals surface area contributed by atoms with E-state index in [4.69, 9.17) is 13.5 Å². The third-order valence-corrected chi connectivity index (χ3v) is 23.2. The van der Waals surface area contributed by atoms with E-state index in [1.54, 1.807) is 24.7 Å². The zero-order valence-corrected chi connectivity index (χ0v) is 60.2. The van der Waals surface area contributed by atoms with E-state index in [1.165, 1.54) is 76.2 Å². The largest absolute Gasteiger partial charge is 0.417 e. The maximum absolute atomic E-state index is 8.02. The number of hydrogen-bond acceptors (Lipinski definition) is 12. The highest BCUT2D eigenvalue weighted by Crippen LogP contribution is 2.41. The monoisotopic (exact) mass is 1440 g/mol. The SMILES string of the molecule is Cn1c2[n+](c3c1c1ncccc1n3-c1ccccc1)Cc1ncccc1-2.Cn1c2[n+](c3c1c1ncccc1n3C)Cc1ncccc1-2.Cn1c2[n+](c3oc4cccnc4c31)Cc1ncccc1-2.Cn1c2[n+](c3sc4cccnc4c31)Cc1ncccc1-2.[2H]C([2H])([2H])n1c2cccnc2c2c1[n+]1c(n2C)-c2cccnc2C1. The van der Waals surface area contributed by atoms with E-state index in [-0.39, 0.29) is 0 Å². The van der Waals surface area contributed by atoms with E-state index in [1.807, 2.05) is 150 Å². The lowest BCUT2D eigenvalue weighted by Gasteiger charge is -2.02. The van der Waals surface area contributed by atoms with Crippen molar-refractivity contribution in [3.63, 3.8) is 0 Å². The van der Waals surface area contributed by atoms with Crippen LogP contribution in [0.3, 0.4) is 0 Å². The molecule has 0 radical (unpaired) electrons. The number of hydrogen-bond donors (Lipinski definition) is 0. The van der Waals surface area contributed by atoms with Crippen LogP contribution in [-0.2, 0) is 82.0 Å². The molecular formula is C83H66N23OS+5. The molecule has 21 aromatic rings. The molecule has 0 spiro atoms. The summed E-state index contributed by atoms with van der Waals surface area (Å²) in [6.07, 6.45) is 18.3. The first kappa shape index (κ1) is 58.6. The van der Waals surface area contributed by atoms with Crippen LogP contribution in [0.4, 0.5) is 0 Å². The lowest BCUT2D eigenvalue weighted by molar-refractivity contribution is -0.652. The third-order valence-electron chi connectivity index (χ3n) is 22.1. The number of aromatic nitrogens is 23. The molecular weight excluding hydrogens is 1370 g/mol. The molecule has 0 saturated carbocycles. The van der Waals surface area contributed by atoms with Crippen molar-refractivity contribution in [1.29, 1.82) is 0 Å². The summed E-state index contributed by atoms with van der Waals surface area (Å²) >= 11 is 1.81. The minimum absolute atomic E-state index is 0.565.